The molecule has 0 aliphatic carbocycles. The van der Waals surface area contributed by atoms with Gasteiger partial charge in [-0.15, -0.1) is 0 Å². The van der Waals surface area contributed by atoms with Crippen LogP contribution in [0.25, 0.3) is 0 Å². The van der Waals surface area contributed by atoms with E-state index in [4.69, 9.17) is 0 Å². The van der Waals surface area contributed by atoms with Crippen molar-refractivity contribution in [3.05, 3.63) is 6.92 Å². The summed E-state index contributed by atoms with van der Waals surface area (Å²) in [6.07, 6.45) is 0. The maximum absolute atomic E-state index is 3.64. The van der Waals surface area contributed by atoms with Crippen LogP contribution in [0.4, 0.5) is 0 Å². The van der Waals surface area contributed by atoms with E-state index in [1.165, 1.54) is 0 Å². The minimum Gasteiger partial charge on any atom is -0.341 e. The SMILES string of the molecule is [CH2-]C(C)C.[Pr+3]. The van der Waals surface area contributed by atoms with E-state index in [0.717, 1.165) is 0 Å². The van der Waals surface area contributed by atoms with Crippen molar-refractivity contribution in [2.24, 2.45) is 5.92 Å². The number of rotatable bonds is 0. The van der Waals surface area contributed by atoms with Crippen LogP contribution in [0, 0.1) is 54.1 Å². The quantitative estimate of drug-likeness (QED) is 0.517. The summed E-state index contributed by atoms with van der Waals surface area (Å²) in [4.78, 5) is 0. The summed E-state index contributed by atoms with van der Waals surface area (Å²) >= 11 is 0. The van der Waals surface area contributed by atoms with Crippen molar-refractivity contribution in [2.75, 3.05) is 0 Å². The summed E-state index contributed by atoms with van der Waals surface area (Å²) in [6.45, 7) is 7.75. The Morgan fingerprint density at radius 2 is 1.40 bits per heavy atom. The summed E-state index contributed by atoms with van der Waals surface area (Å²) in [6, 6.07) is 0. The molecule has 0 aromatic carbocycles. The molecule has 0 aromatic heterocycles. The summed E-state index contributed by atoms with van der Waals surface area (Å²) in [5.41, 5.74) is 0. The molecule has 0 saturated heterocycles. The van der Waals surface area contributed by atoms with Crippen molar-refractivity contribution in [3.63, 3.8) is 0 Å². The van der Waals surface area contributed by atoms with Gasteiger partial charge in [-0.1, -0.05) is 13.8 Å². The summed E-state index contributed by atoms with van der Waals surface area (Å²) in [5, 5.41) is 0. The Hall–Kier alpha value is 1.36. The smallest absolute Gasteiger partial charge is 0.341 e. The van der Waals surface area contributed by atoms with Crippen molar-refractivity contribution in [3.8, 4) is 0 Å². The second-order valence-electron chi connectivity index (χ2n) is 1.39. The van der Waals surface area contributed by atoms with E-state index >= 15 is 0 Å². The van der Waals surface area contributed by atoms with Crippen LogP contribution >= 0.6 is 0 Å². The van der Waals surface area contributed by atoms with Gasteiger partial charge in [0.05, 0.1) is 0 Å². The standard InChI is InChI=1S/C4H9.Pr/c1-4(2)3;/h4H,1H2,2-3H3;/q-1;+3. The molecular formula is C4H9Pr+2. The molecule has 0 nitrogen and oxygen atoms in total. The fourth-order valence-electron chi connectivity index (χ4n) is 0. The summed E-state index contributed by atoms with van der Waals surface area (Å²) in [5.74, 6) is 0.583. The molecule has 0 radical (unpaired) electrons. The molecule has 0 spiro atoms. The van der Waals surface area contributed by atoms with Crippen LogP contribution in [0.5, 0.6) is 0 Å². The third kappa shape index (κ3) is 32.6. The van der Waals surface area contributed by atoms with E-state index in [1.54, 1.807) is 0 Å². The van der Waals surface area contributed by atoms with E-state index < -0.39 is 0 Å². The van der Waals surface area contributed by atoms with Crippen molar-refractivity contribution in [1.82, 2.24) is 0 Å². The second-order valence-corrected chi connectivity index (χ2v) is 1.39. The molecule has 0 amide bonds. The van der Waals surface area contributed by atoms with Gasteiger partial charge in [-0.25, -0.2) is 0 Å². The Morgan fingerprint density at radius 1 is 1.40 bits per heavy atom. The molecular weight excluding hydrogens is 189 g/mol. The minimum atomic E-state index is 0. The van der Waals surface area contributed by atoms with Gasteiger partial charge >= 0.3 is 41.3 Å². The van der Waals surface area contributed by atoms with Crippen molar-refractivity contribution >= 4 is 0 Å². The third-order valence-electron chi connectivity index (χ3n) is 0. The molecule has 1 heteroatoms. The predicted molar refractivity (Wildman–Crippen MR) is 20.2 cm³/mol. The molecule has 0 rings (SSSR count). The third-order valence-corrected chi connectivity index (χ3v) is 0. The van der Waals surface area contributed by atoms with Gasteiger partial charge in [0.2, 0.25) is 0 Å². The average Bonchev–Trinajstić information content (AvgIpc) is 0.811. The van der Waals surface area contributed by atoms with Crippen LogP contribution in [-0.4, -0.2) is 0 Å². The first-order chi connectivity index (χ1) is 1.73. The van der Waals surface area contributed by atoms with Gasteiger partial charge in [-0.05, 0) is 0 Å². The Balaban J connectivity index is 0. The van der Waals surface area contributed by atoms with Gasteiger partial charge in [-0.2, -0.15) is 5.92 Å². The Bertz CT molecular complexity index is 8.36. The van der Waals surface area contributed by atoms with E-state index in [2.05, 4.69) is 20.8 Å². The Morgan fingerprint density at radius 3 is 1.40 bits per heavy atom. The maximum atomic E-state index is 3.64. The molecule has 0 fully saturated rings. The monoisotopic (exact) mass is 198 g/mol. The molecule has 26 valence electrons. The van der Waals surface area contributed by atoms with Gasteiger partial charge in [0.15, 0.2) is 0 Å². The number of hydrogen-bond acceptors (Lipinski definition) is 0. The first kappa shape index (κ1) is 9.61. The molecule has 0 N–H and O–H groups in total. The van der Waals surface area contributed by atoms with Crippen LogP contribution in [0.2, 0.25) is 0 Å². The molecule has 0 aliphatic rings. The zero-order valence-corrected chi connectivity index (χ0v) is 7.57. The molecule has 0 heterocycles. The van der Waals surface area contributed by atoms with Crippen LogP contribution < -0.4 is 0 Å². The molecule has 0 saturated carbocycles. The fourth-order valence-corrected chi connectivity index (χ4v) is 0. The number of hydrogen-bond donors (Lipinski definition) is 0. The average molecular weight is 198 g/mol. The zero-order chi connectivity index (χ0) is 3.58. The van der Waals surface area contributed by atoms with E-state index in [0.29, 0.717) is 5.92 Å². The largest absolute Gasteiger partial charge is 3.00 e. The molecule has 0 aromatic rings. The van der Waals surface area contributed by atoms with Gasteiger partial charge in [0.1, 0.15) is 0 Å². The predicted octanol–water partition coefficient (Wildman–Crippen LogP) is 1.48. The van der Waals surface area contributed by atoms with E-state index in [-0.39, 0.29) is 41.3 Å². The first-order valence-corrected chi connectivity index (χ1v) is 1.56. The topological polar surface area (TPSA) is 0 Å². The second kappa shape index (κ2) is 5.36. The van der Waals surface area contributed by atoms with Gasteiger partial charge in [0.25, 0.3) is 0 Å². The van der Waals surface area contributed by atoms with Crippen LogP contribution in [-0.2, 0) is 0 Å². The maximum Gasteiger partial charge on any atom is 3.00 e. The van der Waals surface area contributed by atoms with Gasteiger partial charge in [0, 0.05) is 0 Å². The van der Waals surface area contributed by atoms with Crippen LogP contribution in [0.3, 0.4) is 0 Å². The van der Waals surface area contributed by atoms with Crippen molar-refractivity contribution < 1.29 is 41.3 Å². The van der Waals surface area contributed by atoms with Crippen molar-refractivity contribution in [1.29, 1.82) is 0 Å². The van der Waals surface area contributed by atoms with E-state index in [1.807, 2.05) is 0 Å². The van der Waals surface area contributed by atoms with Gasteiger partial charge < -0.3 is 6.92 Å². The molecule has 0 unspecified atom stereocenters. The van der Waals surface area contributed by atoms with Crippen LogP contribution in [0.15, 0.2) is 0 Å². The van der Waals surface area contributed by atoms with E-state index in [9.17, 15) is 0 Å². The summed E-state index contributed by atoms with van der Waals surface area (Å²) < 4.78 is 0. The summed E-state index contributed by atoms with van der Waals surface area (Å²) in [7, 11) is 0. The van der Waals surface area contributed by atoms with Crippen molar-refractivity contribution in [2.45, 2.75) is 13.8 Å². The molecule has 0 aliphatic heterocycles. The van der Waals surface area contributed by atoms with Crippen LogP contribution in [0.1, 0.15) is 13.8 Å². The van der Waals surface area contributed by atoms with Gasteiger partial charge in [-0.3, -0.25) is 0 Å². The fraction of sp³-hybridized carbons (Fsp3) is 0.750. The minimum absolute atomic E-state index is 0. The molecule has 0 bridgehead atoms. The first-order valence-electron chi connectivity index (χ1n) is 1.56. The Kier molecular flexibility index (Phi) is 10.3. The Labute approximate surface area is 67.3 Å². The molecule has 0 atom stereocenters. The zero-order valence-electron chi connectivity index (χ0n) is 3.86. The molecule has 5 heavy (non-hydrogen) atoms. The normalized spacial score (nSPS) is 7.20.